The number of hydrogen-bond donors (Lipinski definition) is 2. The molecule has 0 aliphatic heterocycles. The Hall–Kier alpha value is -2.15. The number of hydrogen-bond acceptors (Lipinski definition) is 5. The average molecular weight is 266 g/mol. The van der Waals surface area contributed by atoms with Crippen molar-refractivity contribution in [2.75, 3.05) is 13.7 Å². The minimum atomic E-state index is -1.23. The van der Waals surface area contributed by atoms with Crippen molar-refractivity contribution < 1.29 is 24.3 Å². The fourth-order valence-electron chi connectivity index (χ4n) is 1.41. The van der Waals surface area contributed by atoms with Gasteiger partial charge in [0.25, 0.3) is 5.91 Å². The highest BCUT2D eigenvalue weighted by Crippen LogP contribution is 2.28. The Labute approximate surface area is 109 Å². The number of hydroxylamine groups is 1. The van der Waals surface area contributed by atoms with Crippen molar-refractivity contribution in [2.24, 2.45) is 5.92 Å². The summed E-state index contributed by atoms with van der Waals surface area (Å²) < 4.78 is 4.92. The molecule has 1 fully saturated rings. The Morgan fingerprint density at radius 1 is 1.42 bits per heavy atom. The summed E-state index contributed by atoms with van der Waals surface area (Å²) in [6.45, 7) is 0.460. The summed E-state index contributed by atoms with van der Waals surface area (Å²) >= 11 is 0. The zero-order valence-electron chi connectivity index (χ0n) is 10.4. The van der Waals surface area contributed by atoms with Crippen LogP contribution in [0.4, 0.5) is 0 Å². The summed E-state index contributed by atoms with van der Waals surface area (Å²) in [5.41, 5.74) is 1.92. The SMILES string of the molecule is COc1cc(C(=O)O)nc(C(=O)NOCC2CC2)c1. The second-order valence-electron chi connectivity index (χ2n) is 4.27. The highest BCUT2D eigenvalue weighted by atomic mass is 16.7. The molecule has 1 aliphatic rings. The number of carbonyl (C=O) groups is 2. The third-order valence-electron chi connectivity index (χ3n) is 2.67. The Kier molecular flexibility index (Phi) is 3.96. The molecular weight excluding hydrogens is 252 g/mol. The van der Waals surface area contributed by atoms with Crippen LogP contribution in [0.5, 0.6) is 5.75 Å². The van der Waals surface area contributed by atoms with Gasteiger partial charge in [0, 0.05) is 12.1 Å². The molecule has 0 radical (unpaired) electrons. The van der Waals surface area contributed by atoms with E-state index in [0.717, 1.165) is 12.8 Å². The van der Waals surface area contributed by atoms with E-state index in [1.165, 1.54) is 19.2 Å². The zero-order valence-corrected chi connectivity index (χ0v) is 10.4. The lowest BCUT2D eigenvalue weighted by Gasteiger charge is -2.07. The smallest absolute Gasteiger partial charge is 0.354 e. The lowest BCUT2D eigenvalue weighted by atomic mass is 10.2. The lowest BCUT2D eigenvalue weighted by molar-refractivity contribution is 0.0265. The predicted molar refractivity (Wildman–Crippen MR) is 63.9 cm³/mol. The monoisotopic (exact) mass is 266 g/mol. The van der Waals surface area contributed by atoms with Gasteiger partial charge in [0.15, 0.2) is 5.69 Å². The molecule has 0 unspecified atom stereocenters. The molecule has 1 saturated carbocycles. The summed E-state index contributed by atoms with van der Waals surface area (Å²) in [5, 5.41) is 8.89. The van der Waals surface area contributed by atoms with E-state index in [2.05, 4.69) is 10.5 Å². The van der Waals surface area contributed by atoms with E-state index in [0.29, 0.717) is 12.5 Å². The molecule has 1 aliphatic carbocycles. The van der Waals surface area contributed by atoms with Gasteiger partial charge in [-0.15, -0.1) is 0 Å². The molecule has 2 N–H and O–H groups in total. The Morgan fingerprint density at radius 2 is 2.11 bits per heavy atom. The van der Waals surface area contributed by atoms with Crippen LogP contribution in [-0.4, -0.2) is 35.7 Å². The van der Waals surface area contributed by atoms with Crippen LogP contribution in [0.2, 0.25) is 0 Å². The number of aromatic carboxylic acids is 1. The number of methoxy groups -OCH3 is 1. The molecule has 0 saturated heterocycles. The number of rotatable bonds is 6. The van der Waals surface area contributed by atoms with Crippen molar-refractivity contribution in [3.05, 3.63) is 23.5 Å². The van der Waals surface area contributed by atoms with Crippen LogP contribution >= 0.6 is 0 Å². The fraction of sp³-hybridized carbons (Fsp3) is 0.417. The first-order valence-corrected chi connectivity index (χ1v) is 5.81. The Bertz CT molecular complexity index is 499. The maximum Gasteiger partial charge on any atom is 0.354 e. The molecule has 19 heavy (non-hydrogen) atoms. The van der Waals surface area contributed by atoms with Crippen LogP contribution in [0.25, 0.3) is 0 Å². The second-order valence-corrected chi connectivity index (χ2v) is 4.27. The van der Waals surface area contributed by atoms with Gasteiger partial charge in [0.2, 0.25) is 0 Å². The van der Waals surface area contributed by atoms with Gasteiger partial charge in [0.05, 0.1) is 13.7 Å². The minimum Gasteiger partial charge on any atom is -0.497 e. The van der Waals surface area contributed by atoms with E-state index in [9.17, 15) is 9.59 Å². The summed E-state index contributed by atoms with van der Waals surface area (Å²) in [5.74, 6) is -1.07. The van der Waals surface area contributed by atoms with Gasteiger partial charge in [-0.3, -0.25) is 9.63 Å². The van der Waals surface area contributed by atoms with Crippen molar-refractivity contribution in [3.63, 3.8) is 0 Å². The molecule has 1 heterocycles. The largest absolute Gasteiger partial charge is 0.497 e. The van der Waals surface area contributed by atoms with Crippen LogP contribution in [0, 0.1) is 5.92 Å². The van der Waals surface area contributed by atoms with Crippen molar-refractivity contribution in [2.45, 2.75) is 12.8 Å². The van der Waals surface area contributed by atoms with E-state index in [1.807, 2.05) is 0 Å². The molecule has 0 atom stereocenters. The molecule has 1 aromatic heterocycles. The number of carbonyl (C=O) groups excluding carboxylic acids is 1. The van der Waals surface area contributed by atoms with Crippen molar-refractivity contribution in [3.8, 4) is 5.75 Å². The summed E-state index contributed by atoms with van der Waals surface area (Å²) in [6.07, 6.45) is 2.22. The van der Waals surface area contributed by atoms with Crippen LogP contribution < -0.4 is 10.2 Å². The number of pyridine rings is 1. The van der Waals surface area contributed by atoms with Crippen molar-refractivity contribution >= 4 is 11.9 Å². The number of amides is 1. The number of carboxylic acids is 1. The van der Waals surface area contributed by atoms with Crippen LogP contribution in [0.1, 0.15) is 33.8 Å². The van der Waals surface area contributed by atoms with Crippen molar-refractivity contribution in [1.29, 1.82) is 0 Å². The van der Waals surface area contributed by atoms with Gasteiger partial charge in [-0.1, -0.05) is 0 Å². The highest BCUT2D eigenvalue weighted by molar-refractivity contribution is 5.94. The van der Waals surface area contributed by atoms with Gasteiger partial charge in [0.1, 0.15) is 11.4 Å². The number of nitrogens with zero attached hydrogens (tertiary/aromatic N) is 1. The quantitative estimate of drug-likeness (QED) is 0.741. The predicted octanol–water partition coefficient (Wildman–Crippen LogP) is 0.860. The van der Waals surface area contributed by atoms with Crippen LogP contribution in [0.3, 0.4) is 0 Å². The first-order chi connectivity index (χ1) is 9.10. The number of aromatic nitrogens is 1. The summed E-state index contributed by atoms with van der Waals surface area (Å²) in [6, 6.07) is 2.59. The van der Waals surface area contributed by atoms with Gasteiger partial charge in [-0.2, -0.15) is 0 Å². The van der Waals surface area contributed by atoms with E-state index in [4.69, 9.17) is 14.7 Å². The normalized spacial score (nSPS) is 13.9. The minimum absolute atomic E-state index is 0.0625. The number of ether oxygens (including phenoxy) is 1. The molecule has 1 aromatic rings. The Balaban J connectivity index is 2.05. The molecule has 7 heteroatoms. The van der Waals surface area contributed by atoms with E-state index in [1.54, 1.807) is 0 Å². The maximum atomic E-state index is 11.7. The molecular formula is C12H14N2O5. The van der Waals surface area contributed by atoms with E-state index >= 15 is 0 Å². The van der Waals surface area contributed by atoms with Gasteiger partial charge in [-0.05, 0) is 18.8 Å². The molecule has 0 aromatic carbocycles. The fourth-order valence-corrected chi connectivity index (χ4v) is 1.41. The third-order valence-corrected chi connectivity index (χ3v) is 2.67. The summed E-state index contributed by atoms with van der Waals surface area (Å²) in [4.78, 5) is 31.4. The molecule has 102 valence electrons. The maximum absolute atomic E-state index is 11.7. The van der Waals surface area contributed by atoms with Crippen molar-refractivity contribution in [1.82, 2.24) is 10.5 Å². The molecule has 0 bridgehead atoms. The van der Waals surface area contributed by atoms with Gasteiger partial charge < -0.3 is 9.84 Å². The van der Waals surface area contributed by atoms with Crippen LogP contribution in [-0.2, 0) is 4.84 Å². The average Bonchev–Trinajstić information content (AvgIpc) is 3.22. The standard InChI is InChI=1S/C12H14N2O5/c1-18-8-4-9(13-10(5-8)12(16)17)11(15)14-19-6-7-2-3-7/h4-5,7H,2-3,6H2,1H3,(H,14,15)(H,16,17). The van der Waals surface area contributed by atoms with E-state index < -0.39 is 11.9 Å². The lowest BCUT2D eigenvalue weighted by Crippen LogP contribution is -2.26. The van der Waals surface area contributed by atoms with Gasteiger partial charge >= 0.3 is 5.97 Å². The second kappa shape index (κ2) is 5.66. The third kappa shape index (κ3) is 3.65. The molecule has 2 rings (SSSR count). The first-order valence-electron chi connectivity index (χ1n) is 5.81. The molecule has 7 nitrogen and oxygen atoms in total. The molecule has 1 amide bonds. The first kappa shape index (κ1) is 13.3. The topological polar surface area (TPSA) is 97.8 Å². The number of carboxylic acid groups (broad SMARTS) is 1. The van der Waals surface area contributed by atoms with E-state index in [-0.39, 0.29) is 17.1 Å². The van der Waals surface area contributed by atoms with Crippen LogP contribution in [0.15, 0.2) is 12.1 Å². The van der Waals surface area contributed by atoms with Gasteiger partial charge in [-0.25, -0.2) is 15.3 Å². The number of nitrogens with one attached hydrogen (secondary N) is 1. The summed E-state index contributed by atoms with van der Waals surface area (Å²) in [7, 11) is 1.38. The zero-order chi connectivity index (χ0) is 13.8. The Morgan fingerprint density at radius 3 is 2.68 bits per heavy atom. The highest BCUT2D eigenvalue weighted by Gasteiger charge is 2.22. The molecule has 0 spiro atoms.